The zero-order valence-electron chi connectivity index (χ0n) is 19.4. The second kappa shape index (κ2) is 15.0. The third-order valence-electron chi connectivity index (χ3n) is 3.93. The summed E-state index contributed by atoms with van der Waals surface area (Å²) in [7, 11) is 0. The molecule has 0 radical (unpaired) electrons. The van der Waals surface area contributed by atoms with E-state index in [1.165, 1.54) is 0 Å². The van der Waals surface area contributed by atoms with Crippen molar-refractivity contribution in [2.45, 2.75) is 27.7 Å². The average molecular weight is 429 g/mol. The Morgan fingerprint density at radius 2 is 1.16 bits per heavy atom. The van der Waals surface area contributed by atoms with Crippen LogP contribution in [0.4, 0.5) is 0 Å². The highest BCUT2D eigenvalue weighted by Crippen LogP contribution is 2.23. The van der Waals surface area contributed by atoms with Crippen LogP contribution in [0.3, 0.4) is 0 Å². The second-order valence-corrected chi connectivity index (χ2v) is 5.90. The fraction of sp³-hybridized carbons (Fsp3) is 0.138. The molecule has 3 aromatic rings. The van der Waals surface area contributed by atoms with Gasteiger partial charge in [0.15, 0.2) is 5.78 Å². The molecule has 0 heterocycles. The van der Waals surface area contributed by atoms with Crippen LogP contribution >= 0.6 is 0 Å². The monoisotopic (exact) mass is 428 g/mol. The molecule has 32 heavy (non-hydrogen) atoms. The van der Waals surface area contributed by atoms with Crippen molar-refractivity contribution in [2.24, 2.45) is 0 Å². The number of hydrogen-bond acceptors (Lipinski definition) is 3. The van der Waals surface area contributed by atoms with Crippen LogP contribution < -0.4 is 9.47 Å². The molecule has 3 rings (SSSR count). The molecule has 3 nitrogen and oxygen atoms in total. The summed E-state index contributed by atoms with van der Waals surface area (Å²) in [5, 5.41) is 0. The van der Waals surface area contributed by atoms with Gasteiger partial charge in [-0.05, 0) is 72.8 Å². The van der Waals surface area contributed by atoms with Crippen molar-refractivity contribution in [3.8, 4) is 17.2 Å². The van der Waals surface area contributed by atoms with Crippen LogP contribution in [0, 0.1) is 0 Å². The Balaban J connectivity index is 0.00000121. The standard InChI is InChI=1S/C25H20O3.2C2H6/c1-3-8-21(4-2)27-23-15-11-19(12-16-23)25(26)20-13-17-24(18-14-20)28-22-9-6-5-7-10-22;2*1-2/h3-18H,1-2H2;2*1-2H3/b21-8+;;. The average Bonchev–Trinajstić information content (AvgIpc) is 2.87. The van der Waals surface area contributed by atoms with Crippen LogP contribution in [0.1, 0.15) is 43.6 Å². The highest BCUT2D eigenvalue weighted by atomic mass is 16.5. The Hall–Kier alpha value is -3.85. The normalized spacial score (nSPS) is 9.81. The molecule has 3 aromatic carbocycles. The van der Waals surface area contributed by atoms with Gasteiger partial charge in [0, 0.05) is 11.1 Å². The molecule has 0 fully saturated rings. The van der Waals surface area contributed by atoms with Gasteiger partial charge in [-0.1, -0.05) is 65.1 Å². The molecule has 0 aliphatic rings. The summed E-state index contributed by atoms with van der Waals surface area (Å²) < 4.78 is 11.4. The maximum Gasteiger partial charge on any atom is 0.193 e. The minimum atomic E-state index is -0.0663. The van der Waals surface area contributed by atoms with Gasteiger partial charge in [0.1, 0.15) is 23.0 Å². The van der Waals surface area contributed by atoms with E-state index < -0.39 is 0 Å². The van der Waals surface area contributed by atoms with Crippen molar-refractivity contribution in [1.29, 1.82) is 0 Å². The molecule has 3 heteroatoms. The van der Waals surface area contributed by atoms with Gasteiger partial charge < -0.3 is 9.47 Å². The van der Waals surface area contributed by atoms with E-state index in [-0.39, 0.29) is 5.78 Å². The molecular formula is C29H32O3. The predicted molar refractivity (Wildman–Crippen MR) is 135 cm³/mol. The van der Waals surface area contributed by atoms with Crippen LogP contribution in [-0.4, -0.2) is 5.78 Å². The first-order chi connectivity index (χ1) is 15.7. The lowest BCUT2D eigenvalue weighted by Crippen LogP contribution is -2.01. The Kier molecular flexibility index (Phi) is 12.3. The summed E-state index contributed by atoms with van der Waals surface area (Å²) in [5.74, 6) is 2.57. The van der Waals surface area contributed by atoms with Gasteiger partial charge in [0.05, 0.1) is 0 Å². The molecule has 0 unspecified atom stereocenters. The van der Waals surface area contributed by atoms with Crippen LogP contribution in [-0.2, 0) is 0 Å². The molecule has 0 saturated heterocycles. The number of ether oxygens (including phenoxy) is 2. The Labute approximate surface area is 192 Å². The number of benzene rings is 3. The number of para-hydroxylation sites is 1. The number of allylic oxidation sites excluding steroid dienone is 3. The number of carbonyl (C=O) groups is 1. The van der Waals surface area contributed by atoms with E-state index in [0.29, 0.717) is 28.4 Å². The molecule has 166 valence electrons. The van der Waals surface area contributed by atoms with Gasteiger partial charge >= 0.3 is 0 Å². The summed E-state index contributed by atoms with van der Waals surface area (Å²) in [4.78, 5) is 12.7. The van der Waals surface area contributed by atoms with Gasteiger partial charge in [0.25, 0.3) is 0 Å². The van der Waals surface area contributed by atoms with Crippen molar-refractivity contribution >= 4 is 5.78 Å². The zero-order chi connectivity index (χ0) is 23.8. The third kappa shape index (κ3) is 8.11. The lowest BCUT2D eigenvalue weighted by Gasteiger charge is -2.08. The highest BCUT2D eigenvalue weighted by Gasteiger charge is 2.10. The van der Waals surface area contributed by atoms with Gasteiger partial charge in [-0.15, -0.1) is 0 Å². The molecule has 0 aliphatic heterocycles. The van der Waals surface area contributed by atoms with Crippen LogP contribution in [0.15, 0.2) is 116 Å². The summed E-state index contributed by atoms with van der Waals surface area (Å²) in [6, 6.07) is 23.6. The molecule has 0 atom stereocenters. The lowest BCUT2D eigenvalue weighted by molar-refractivity contribution is 0.103. The van der Waals surface area contributed by atoms with Crippen molar-refractivity contribution in [2.75, 3.05) is 0 Å². The largest absolute Gasteiger partial charge is 0.457 e. The number of carbonyl (C=O) groups excluding carboxylic acids is 1. The molecule has 0 aliphatic carbocycles. The summed E-state index contributed by atoms with van der Waals surface area (Å²) in [6.45, 7) is 15.3. The fourth-order valence-corrected chi connectivity index (χ4v) is 2.54. The minimum absolute atomic E-state index is 0.0663. The van der Waals surface area contributed by atoms with Crippen molar-refractivity contribution in [3.63, 3.8) is 0 Å². The van der Waals surface area contributed by atoms with E-state index in [4.69, 9.17) is 9.47 Å². The quantitative estimate of drug-likeness (QED) is 0.205. The first kappa shape index (κ1) is 26.2. The topological polar surface area (TPSA) is 35.5 Å². The summed E-state index contributed by atoms with van der Waals surface area (Å²) >= 11 is 0. The molecular weight excluding hydrogens is 396 g/mol. The van der Waals surface area contributed by atoms with E-state index in [2.05, 4.69) is 13.2 Å². The van der Waals surface area contributed by atoms with Gasteiger partial charge in [-0.25, -0.2) is 0 Å². The molecule has 0 bridgehead atoms. The van der Waals surface area contributed by atoms with E-state index in [0.717, 1.165) is 5.75 Å². The van der Waals surface area contributed by atoms with E-state index in [1.807, 2.05) is 58.0 Å². The van der Waals surface area contributed by atoms with Crippen molar-refractivity contribution in [1.82, 2.24) is 0 Å². The summed E-state index contributed by atoms with van der Waals surface area (Å²) in [5.41, 5.74) is 1.17. The minimum Gasteiger partial charge on any atom is -0.457 e. The molecule has 0 spiro atoms. The molecule has 0 aromatic heterocycles. The van der Waals surface area contributed by atoms with Crippen molar-refractivity contribution < 1.29 is 14.3 Å². The molecule has 0 amide bonds. The lowest BCUT2D eigenvalue weighted by atomic mass is 10.0. The third-order valence-corrected chi connectivity index (χ3v) is 3.93. The summed E-state index contributed by atoms with van der Waals surface area (Å²) in [6.07, 6.45) is 4.94. The smallest absolute Gasteiger partial charge is 0.193 e. The van der Waals surface area contributed by atoms with Crippen LogP contribution in [0.5, 0.6) is 17.2 Å². The van der Waals surface area contributed by atoms with E-state index in [1.54, 1.807) is 66.8 Å². The van der Waals surface area contributed by atoms with Crippen molar-refractivity contribution in [3.05, 3.63) is 127 Å². The Morgan fingerprint density at radius 3 is 1.62 bits per heavy atom. The van der Waals surface area contributed by atoms with E-state index >= 15 is 0 Å². The maximum atomic E-state index is 12.7. The Morgan fingerprint density at radius 1 is 0.688 bits per heavy atom. The van der Waals surface area contributed by atoms with Gasteiger partial charge in [0.2, 0.25) is 0 Å². The SMILES string of the molecule is C=C/C=C(\C=C)Oc1ccc(C(=O)c2ccc(Oc3ccccc3)cc2)cc1.CC.CC. The molecule has 0 N–H and O–H groups in total. The molecule has 0 saturated carbocycles. The van der Waals surface area contributed by atoms with Crippen LogP contribution in [0.2, 0.25) is 0 Å². The maximum absolute atomic E-state index is 12.7. The van der Waals surface area contributed by atoms with Gasteiger partial charge in [-0.2, -0.15) is 0 Å². The van der Waals surface area contributed by atoms with Crippen LogP contribution in [0.25, 0.3) is 0 Å². The second-order valence-electron chi connectivity index (χ2n) is 5.90. The first-order valence-corrected chi connectivity index (χ1v) is 10.8. The highest BCUT2D eigenvalue weighted by molar-refractivity contribution is 6.09. The predicted octanol–water partition coefficient (Wildman–Crippen LogP) is 8.40. The Bertz CT molecular complexity index is 983. The zero-order valence-corrected chi connectivity index (χ0v) is 19.4. The number of rotatable bonds is 8. The van der Waals surface area contributed by atoms with Gasteiger partial charge in [-0.3, -0.25) is 4.79 Å². The number of ketones is 1. The number of hydrogen-bond donors (Lipinski definition) is 0. The fourth-order valence-electron chi connectivity index (χ4n) is 2.54. The van der Waals surface area contributed by atoms with E-state index in [9.17, 15) is 4.79 Å². The first-order valence-electron chi connectivity index (χ1n) is 10.8.